The average molecular weight is 325 g/mol. The summed E-state index contributed by atoms with van der Waals surface area (Å²) >= 11 is 0. The molecule has 0 radical (unpaired) electrons. The Morgan fingerprint density at radius 3 is 2.71 bits per heavy atom. The molecule has 2 aromatic heterocycles. The predicted octanol–water partition coefficient (Wildman–Crippen LogP) is 1.23. The second kappa shape index (κ2) is 5.74. The van der Waals surface area contributed by atoms with Crippen molar-refractivity contribution in [2.75, 3.05) is 11.4 Å². The first kappa shape index (κ1) is 14.9. The zero-order valence-electron chi connectivity index (χ0n) is 13.5. The van der Waals surface area contributed by atoms with Crippen molar-refractivity contribution in [2.24, 2.45) is 7.05 Å². The minimum Gasteiger partial charge on any atom is -0.333 e. The van der Waals surface area contributed by atoms with Gasteiger partial charge >= 0.3 is 0 Å². The molecule has 7 nitrogen and oxygen atoms in total. The van der Waals surface area contributed by atoms with Gasteiger partial charge in [-0.05, 0) is 25.0 Å². The molecule has 0 aromatic carbocycles. The Balaban J connectivity index is 1.61. The summed E-state index contributed by atoms with van der Waals surface area (Å²) in [6, 6.07) is 3.57. The topological polar surface area (TPSA) is 71.3 Å². The van der Waals surface area contributed by atoms with Crippen molar-refractivity contribution in [1.82, 2.24) is 19.7 Å². The third kappa shape index (κ3) is 2.36. The van der Waals surface area contributed by atoms with Gasteiger partial charge in [0.25, 0.3) is 5.91 Å². The number of anilines is 1. The molecule has 0 unspecified atom stereocenters. The van der Waals surface area contributed by atoms with Crippen LogP contribution in [0.4, 0.5) is 5.69 Å². The number of hydrogen-bond donors (Lipinski definition) is 0. The molecular weight excluding hydrogens is 306 g/mol. The molecule has 2 aromatic rings. The van der Waals surface area contributed by atoms with Crippen LogP contribution in [0.25, 0.3) is 0 Å². The van der Waals surface area contributed by atoms with E-state index < -0.39 is 0 Å². The van der Waals surface area contributed by atoms with E-state index in [9.17, 15) is 9.59 Å². The SMILES string of the molecule is Cn1cc(N2C(=O)CC[C@@H]3[C@@H]2CCN3C(=O)c2ccncc2)cn1. The second-order valence-corrected chi connectivity index (χ2v) is 6.33. The Hall–Kier alpha value is -2.70. The van der Waals surface area contributed by atoms with Gasteiger partial charge in [-0.1, -0.05) is 0 Å². The third-order valence-corrected chi connectivity index (χ3v) is 4.92. The summed E-state index contributed by atoms with van der Waals surface area (Å²) in [6.07, 6.45) is 8.80. The van der Waals surface area contributed by atoms with Gasteiger partial charge in [-0.15, -0.1) is 0 Å². The van der Waals surface area contributed by atoms with Crippen LogP contribution in [0.1, 0.15) is 29.6 Å². The lowest BCUT2D eigenvalue weighted by molar-refractivity contribution is -0.120. The van der Waals surface area contributed by atoms with Crippen LogP contribution in [0.2, 0.25) is 0 Å². The van der Waals surface area contributed by atoms with Gasteiger partial charge in [-0.3, -0.25) is 19.3 Å². The highest BCUT2D eigenvalue weighted by Gasteiger charge is 2.45. The lowest BCUT2D eigenvalue weighted by atomic mass is 9.95. The first-order valence-corrected chi connectivity index (χ1v) is 8.17. The smallest absolute Gasteiger partial charge is 0.254 e. The summed E-state index contributed by atoms with van der Waals surface area (Å²) in [4.78, 5) is 33.0. The highest BCUT2D eigenvalue weighted by Crippen LogP contribution is 2.35. The van der Waals surface area contributed by atoms with Crippen molar-refractivity contribution in [3.8, 4) is 0 Å². The van der Waals surface area contributed by atoms with Crippen molar-refractivity contribution in [1.29, 1.82) is 0 Å². The fraction of sp³-hybridized carbons (Fsp3) is 0.412. The van der Waals surface area contributed by atoms with E-state index in [4.69, 9.17) is 0 Å². The van der Waals surface area contributed by atoms with Gasteiger partial charge in [0.15, 0.2) is 0 Å². The molecule has 0 spiro atoms. The molecule has 2 aliphatic heterocycles. The van der Waals surface area contributed by atoms with E-state index in [0.717, 1.165) is 18.5 Å². The summed E-state index contributed by atoms with van der Waals surface area (Å²) in [7, 11) is 1.84. The minimum absolute atomic E-state index is 0.0189. The minimum atomic E-state index is 0.0189. The van der Waals surface area contributed by atoms with Crippen LogP contribution in [0.3, 0.4) is 0 Å². The molecule has 0 saturated carbocycles. The lowest BCUT2D eigenvalue weighted by Gasteiger charge is -2.39. The number of carbonyl (C=O) groups is 2. The van der Waals surface area contributed by atoms with Gasteiger partial charge in [0.1, 0.15) is 0 Å². The first-order chi connectivity index (χ1) is 11.6. The molecule has 2 saturated heterocycles. The molecule has 24 heavy (non-hydrogen) atoms. The normalized spacial score (nSPS) is 23.5. The molecule has 2 atom stereocenters. The summed E-state index contributed by atoms with van der Waals surface area (Å²) in [5, 5.41) is 4.18. The molecule has 2 aliphatic rings. The Morgan fingerprint density at radius 2 is 2.00 bits per heavy atom. The van der Waals surface area contributed by atoms with Crippen molar-refractivity contribution < 1.29 is 9.59 Å². The third-order valence-electron chi connectivity index (χ3n) is 4.92. The fourth-order valence-electron chi connectivity index (χ4n) is 3.84. The maximum atomic E-state index is 12.8. The zero-order valence-corrected chi connectivity index (χ0v) is 13.5. The summed E-state index contributed by atoms with van der Waals surface area (Å²) in [5.74, 6) is 0.132. The van der Waals surface area contributed by atoms with E-state index in [1.165, 1.54) is 0 Å². The highest BCUT2D eigenvalue weighted by atomic mass is 16.2. The molecule has 2 fully saturated rings. The number of hydrogen-bond acceptors (Lipinski definition) is 4. The Morgan fingerprint density at radius 1 is 1.21 bits per heavy atom. The number of nitrogens with zero attached hydrogens (tertiary/aromatic N) is 5. The van der Waals surface area contributed by atoms with E-state index in [1.54, 1.807) is 35.4 Å². The van der Waals surface area contributed by atoms with Gasteiger partial charge in [0, 0.05) is 44.2 Å². The molecular formula is C17H19N5O2. The maximum absolute atomic E-state index is 12.8. The molecule has 7 heteroatoms. The van der Waals surface area contributed by atoms with Gasteiger partial charge in [0.2, 0.25) is 5.91 Å². The van der Waals surface area contributed by atoms with Gasteiger partial charge in [-0.25, -0.2) is 0 Å². The number of rotatable bonds is 2. The van der Waals surface area contributed by atoms with Gasteiger partial charge in [0.05, 0.1) is 24.0 Å². The number of carbonyl (C=O) groups excluding carboxylic acids is 2. The average Bonchev–Trinajstić information content (AvgIpc) is 3.21. The van der Waals surface area contributed by atoms with E-state index >= 15 is 0 Å². The molecule has 2 amide bonds. The van der Waals surface area contributed by atoms with Crippen LogP contribution in [0.5, 0.6) is 0 Å². The van der Waals surface area contributed by atoms with Crippen LogP contribution < -0.4 is 4.90 Å². The molecule has 0 bridgehead atoms. The number of amides is 2. The van der Waals surface area contributed by atoms with Crippen molar-refractivity contribution >= 4 is 17.5 Å². The maximum Gasteiger partial charge on any atom is 0.254 e. The number of likely N-dealkylation sites (tertiary alicyclic amines) is 1. The number of aromatic nitrogens is 3. The summed E-state index contributed by atoms with van der Waals surface area (Å²) in [5.41, 5.74) is 1.46. The monoisotopic (exact) mass is 325 g/mol. The molecule has 4 heterocycles. The molecule has 4 rings (SSSR count). The Bertz CT molecular complexity index is 772. The van der Waals surface area contributed by atoms with Crippen LogP contribution in [-0.4, -0.2) is 50.1 Å². The first-order valence-electron chi connectivity index (χ1n) is 8.17. The zero-order chi connectivity index (χ0) is 16.7. The Kier molecular flexibility index (Phi) is 3.55. The highest BCUT2D eigenvalue weighted by molar-refractivity contribution is 5.97. The molecule has 124 valence electrons. The van der Waals surface area contributed by atoms with Crippen molar-refractivity contribution in [3.05, 3.63) is 42.5 Å². The van der Waals surface area contributed by atoms with E-state index in [0.29, 0.717) is 18.5 Å². The standard InChI is InChI=1S/C17H19N5O2/c1-20-11-13(10-19-20)22-15-6-9-21(14(15)2-3-16(22)23)17(24)12-4-7-18-8-5-12/h4-5,7-8,10-11,14-15H,2-3,6,9H2,1H3/t14-,15+/m1/s1. The second-order valence-electron chi connectivity index (χ2n) is 6.33. The Labute approximate surface area is 139 Å². The summed E-state index contributed by atoms with van der Waals surface area (Å²) < 4.78 is 1.70. The number of aryl methyl sites for hydroxylation is 1. The van der Waals surface area contributed by atoms with Gasteiger partial charge < -0.3 is 9.80 Å². The van der Waals surface area contributed by atoms with Crippen LogP contribution in [-0.2, 0) is 11.8 Å². The van der Waals surface area contributed by atoms with Crippen LogP contribution in [0, 0.1) is 0 Å². The number of piperidine rings is 1. The predicted molar refractivity (Wildman–Crippen MR) is 87.4 cm³/mol. The number of pyridine rings is 1. The van der Waals surface area contributed by atoms with Crippen molar-refractivity contribution in [3.63, 3.8) is 0 Å². The fourth-order valence-corrected chi connectivity index (χ4v) is 3.84. The number of fused-ring (bicyclic) bond motifs is 1. The van der Waals surface area contributed by atoms with Crippen LogP contribution >= 0.6 is 0 Å². The van der Waals surface area contributed by atoms with Gasteiger partial charge in [-0.2, -0.15) is 5.10 Å². The molecule has 0 aliphatic carbocycles. The van der Waals surface area contributed by atoms with Crippen molar-refractivity contribution in [2.45, 2.75) is 31.3 Å². The quantitative estimate of drug-likeness (QED) is 0.832. The lowest BCUT2D eigenvalue weighted by Crippen LogP contribution is -2.53. The largest absolute Gasteiger partial charge is 0.333 e. The summed E-state index contributed by atoms with van der Waals surface area (Å²) in [6.45, 7) is 0.667. The van der Waals surface area contributed by atoms with E-state index in [1.807, 2.05) is 23.0 Å². The van der Waals surface area contributed by atoms with E-state index in [2.05, 4.69) is 10.1 Å². The van der Waals surface area contributed by atoms with E-state index in [-0.39, 0.29) is 23.9 Å². The molecule has 0 N–H and O–H groups in total. The van der Waals surface area contributed by atoms with Crippen LogP contribution in [0.15, 0.2) is 36.9 Å².